The average molecular weight is 423 g/mol. The molecule has 27 heavy (non-hydrogen) atoms. The zero-order chi connectivity index (χ0) is 19.4. The Hall–Kier alpha value is -2.47. The number of carbonyl (C=O) groups excluding carboxylic acids is 1. The van der Waals surface area contributed by atoms with Crippen molar-refractivity contribution in [2.24, 2.45) is 0 Å². The summed E-state index contributed by atoms with van der Waals surface area (Å²) in [7, 11) is 0. The van der Waals surface area contributed by atoms with E-state index in [9.17, 15) is 9.90 Å². The molecular formula is C19H14Cl3N3O2. The summed E-state index contributed by atoms with van der Waals surface area (Å²) >= 11 is 18.2. The van der Waals surface area contributed by atoms with E-state index in [0.717, 1.165) is 11.3 Å². The van der Waals surface area contributed by atoms with Gasteiger partial charge in [-0.1, -0.05) is 34.8 Å². The van der Waals surface area contributed by atoms with Crippen LogP contribution in [0, 0.1) is 0 Å². The molecule has 1 aromatic heterocycles. The van der Waals surface area contributed by atoms with Gasteiger partial charge in [0.15, 0.2) is 0 Å². The number of nitrogens with one attached hydrogen (secondary N) is 2. The summed E-state index contributed by atoms with van der Waals surface area (Å²) in [5.74, 6) is -0.681. The molecule has 0 aliphatic rings. The SMILES string of the molecule is O=C(Nc1ccc(NCc2cnccc2Cl)cc1Cl)c1cc(Cl)ccc1O. The predicted octanol–water partition coefficient (Wildman–Crippen LogP) is 5.61. The zero-order valence-corrected chi connectivity index (χ0v) is 16.1. The Kier molecular flexibility index (Phi) is 6.06. The van der Waals surface area contributed by atoms with Crippen molar-refractivity contribution in [1.82, 2.24) is 4.98 Å². The maximum Gasteiger partial charge on any atom is 0.259 e. The Labute approximate surface area is 170 Å². The second-order valence-electron chi connectivity index (χ2n) is 5.63. The molecule has 138 valence electrons. The summed E-state index contributed by atoms with van der Waals surface area (Å²) in [5.41, 5.74) is 2.07. The van der Waals surface area contributed by atoms with Crippen LogP contribution in [0.3, 0.4) is 0 Å². The number of amides is 1. The topological polar surface area (TPSA) is 74.2 Å². The van der Waals surface area contributed by atoms with Crippen LogP contribution in [-0.2, 0) is 6.54 Å². The highest BCUT2D eigenvalue weighted by molar-refractivity contribution is 6.34. The first-order valence-corrected chi connectivity index (χ1v) is 8.99. The van der Waals surface area contributed by atoms with Crippen molar-refractivity contribution in [2.45, 2.75) is 6.54 Å². The van der Waals surface area contributed by atoms with Crippen LogP contribution in [0.1, 0.15) is 15.9 Å². The number of carbonyl (C=O) groups is 1. The summed E-state index contributed by atoms with van der Waals surface area (Å²) in [6.07, 6.45) is 3.31. The standard InChI is InChI=1S/C19H14Cl3N3O2/c20-12-1-4-18(26)14(7-12)19(27)25-17-3-2-13(8-16(17)22)24-10-11-9-23-6-5-15(11)21/h1-9,24,26H,10H2,(H,25,27). The van der Waals surface area contributed by atoms with Crippen LogP contribution in [0.5, 0.6) is 5.75 Å². The summed E-state index contributed by atoms with van der Waals surface area (Å²) < 4.78 is 0. The Balaban J connectivity index is 1.70. The van der Waals surface area contributed by atoms with Gasteiger partial charge in [0.2, 0.25) is 0 Å². The predicted molar refractivity (Wildman–Crippen MR) is 109 cm³/mol. The number of halogens is 3. The van der Waals surface area contributed by atoms with E-state index in [0.29, 0.717) is 27.3 Å². The fraction of sp³-hybridized carbons (Fsp3) is 0.0526. The van der Waals surface area contributed by atoms with Gasteiger partial charge in [-0.2, -0.15) is 0 Å². The summed E-state index contributed by atoms with van der Waals surface area (Å²) in [5, 5.41) is 17.0. The van der Waals surface area contributed by atoms with Gasteiger partial charge >= 0.3 is 0 Å². The Morgan fingerprint density at radius 1 is 1.04 bits per heavy atom. The fourth-order valence-electron chi connectivity index (χ4n) is 2.34. The van der Waals surface area contributed by atoms with Gasteiger partial charge in [0.05, 0.1) is 16.3 Å². The van der Waals surface area contributed by atoms with Crippen molar-refractivity contribution in [3.63, 3.8) is 0 Å². The molecule has 1 amide bonds. The first-order valence-electron chi connectivity index (χ1n) is 7.85. The highest BCUT2D eigenvalue weighted by atomic mass is 35.5. The van der Waals surface area contributed by atoms with Crippen LogP contribution >= 0.6 is 34.8 Å². The first-order chi connectivity index (χ1) is 12.9. The quantitative estimate of drug-likeness (QED) is 0.499. The molecule has 0 unspecified atom stereocenters. The number of phenolic OH excluding ortho intramolecular Hbond substituents is 1. The second-order valence-corrected chi connectivity index (χ2v) is 6.88. The van der Waals surface area contributed by atoms with Crippen LogP contribution < -0.4 is 10.6 Å². The van der Waals surface area contributed by atoms with Gasteiger partial charge in [0.25, 0.3) is 5.91 Å². The van der Waals surface area contributed by atoms with Gasteiger partial charge in [-0.25, -0.2) is 0 Å². The molecule has 0 aliphatic heterocycles. The zero-order valence-electron chi connectivity index (χ0n) is 13.8. The molecule has 0 atom stereocenters. The van der Waals surface area contributed by atoms with Crippen LogP contribution in [-0.4, -0.2) is 16.0 Å². The molecule has 0 saturated carbocycles. The highest BCUT2D eigenvalue weighted by Gasteiger charge is 2.14. The number of phenols is 1. The second kappa shape index (κ2) is 8.48. The molecule has 3 aromatic rings. The minimum absolute atomic E-state index is 0.0620. The van der Waals surface area contributed by atoms with Crippen molar-refractivity contribution in [3.05, 3.63) is 81.1 Å². The average Bonchev–Trinajstić information content (AvgIpc) is 2.65. The number of anilines is 2. The third-order valence-electron chi connectivity index (χ3n) is 3.75. The molecule has 3 N–H and O–H groups in total. The molecule has 2 aromatic carbocycles. The number of aromatic nitrogens is 1. The number of hydrogen-bond donors (Lipinski definition) is 3. The third-order valence-corrected chi connectivity index (χ3v) is 4.66. The van der Waals surface area contributed by atoms with Crippen molar-refractivity contribution < 1.29 is 9.90 Å². The largest absolute Gasteiger partial charge is 0.507 e. The Morgan fingerprint density at radius 2 is 1.85 bits per heavy atom. The van der Waals surface area contributed by atoms with E-state index in [1.54, 1.807) is 36.7 Å². The molecule has 3 rings (SSSR count). The van der Waals surface area contributed by atoms with Gasteiger partial charge in [-0.05, 0) is 42.5 Å². The molecular weight excluding hydrogens is 409 g/mol. The molecule has 5 nitrogen and oxygen atoms in total. The van der Waals surface area contributed by atoms with Gasteiger partial charge in [0, 0.05) is 40.2 Å². The van der Waals surface area contributed by atoms with E-state index in [4.69, 9.17) is 34.8 Å². The maximum atomic E-state index is 12.3. The number of aromatic hydroxyl groups is 1. The smallest absolute Gasteiger partial charge is 0.259 e. The number of pyridine rings is 1. The lowest BCUT2D eigenvalue weighted by Crippen LogP contribution is -2.12. The molecule has 0 fully saturated rings. The van der Waals surface area contributed by atoms with Crippen molar-refractivity contribution in [1.29, 1.82) is 0 Å². The van der Waals surface area contributed by atoms with Gasteiger partial charge in [-0.3, -0.25) is 9.78 Å². The molecule has 0 radical (unpaired) electrons. The van der Waals surface area contributed by atoms with E-state index >= 15 is 0 Å². The van der Waals surface area contributed by atoms with Gasteiger partial charge < -0.3 is 15.7 Å². The van der Waals surface area contributed by atoms with E-state index in [1.165, 1.54) is 18.2 Å². The summed E-state index contributed by atoms with van der Waals surface area (Å²) in [6.45, 7) is 0.477. The van der Waals surface area contributed by atoms with Crippen molar-refractivity contribution >= 4 is 52.1 Å². The monoisotopic (exact) mass is 421 g/mol. The van der Waals surface area contributed by atoms with E-state index in [-0.39, 0.29) is 11.3 Å². The van der Waals surface area contributed by atoms with Crippen molar-refractivity contribution in [3.8, 4) is 5.75 Å². The number of benzene rings is 2. The summed E-state index contributed by atoms with van der Waals surface area (Å²) in [6, 6.07) is 11.1. The molecule has 8 heteroatoms. The van der Waals surface area contributed by atoms with Crippen LogP contribution in [0.15, 0.2) is 54.9 Å². The minimum Gasteiger partial charge on any atom is -0.507 e. The van der Waals surface area contributed by atoms with Crippen LogP contribution in [0.2, 0.25) is 15.1 Å². The lowest BCUT2D eigenvalue weighted by molar-refractivity contribution is 0.102. The minimum atomic E-state index is -0.514. The van der Waals surface area contributed by atoms with Gasteiger partial charge in [-0.15, -0.1) is 0 Å². The normalized spacial score (nSPS) is 10.5. The highest BCUT2D eigenvalue weighted by Crippen LogP contribution is 2.28. The Morgan fingerprint density at radius 3 is 2.59 bits per heavy atom. The number of rotatable bonds is 5. The fourth-order valence-corrected chi connectivity index (χ4v) is 2.92. The first kappa shape index (κ1) is 19.3. The maximum absolute atomic E-state index is 12.3. The van der Waals surface area contributed by atoms with Crippen molar-refractivity contribution in [2.75, 3.05) is 10.6 Å². The van der Waals surface area contributed by atoms with E-state index < -0.39 is 5.91 Å². The van der Waals surface area contributed by atoms with E-state index in [2.05, 4.69) is 15.6 Å². The number of hydrogen-bond acceptors (Lipinski definition) is 4. The molecule has 0 spiro atoms. The number of nitrogens with zero attached hydrogens (tertiary/aromatic N) is 1. The lowest BCUT2D eigenvalue weighted by atomic mass is 10.2. The van der Waals surface area contributed by atoms with Crippen LogP contribution in [0.25, 0.3) is 0 Å². The lowest BCUT2D eigenvalue weighted by Gasteiger charge is -2.12. The van der Waals surface area contributed by atoms with Crippen LogP contribution in [0.4, 0.5) is 11.4 Å². The molecule has 0 aliphatic carbocycles. The Bertz CT molecular complexity index is 996. The third kappa shape index (κ3) is 4.83. The van der Waals surface area contributed by atoms with Gasteiger partial charge in [0.1, 0.15) is 5.75 Å². The molecule has 0 bridgehead atoms. The molecule has 0 saturated heterocycles. The molecule has 1 heterocycles. The summed E-state index contributed by atoms with van der Waals surface area (Å²) in [4.78, 5) is 16.4. The van der Waals surface area contributed by atoms with E-state index in [1.807, 2.05) is 0 Å².